The Morgan fingerprint density at radius 3 is 2.55 bits per heavy atom. The molecule has 2 aromatic carbocycles. The third kappa shape index (κ3) is 7.91. The molecule has 1 N–H and O–H groups in total. The minimum Gasteiger partial charge on any atom is -0.487 e. The van der Waals surface area contributed by atoms with Crippen LogP contribution in [-0.2, 0) is 6.61 Å². The Balaban J connectivity index is 1.45. The first-order valence-corrected chi connectivity index (χ1v) is 13.9. The molecule has 0 saturated carbocycles. The average Bonchev–Trinajstić information content (AvgIpc) is 3.27. The molecule has 2 heterocycles. The molecule has 0 unspecified atom stereocenters. The summed E-state index contributed by atoms with van der Waals surface area (Å²) in [6.45, 7) is 12.0. The first-order valence-electron chi connectivity index (χ1n) is 12.7. The molecule has 0 aliphatic rings. The van der Waals surface area contributed by atoms with Crippen LogP contribution in [0.5, 0.6) is 5.75 Å². The van der Waals surface area contributed by atoms with Gasteiger partial charge in [-0.3, -0.25) is 4.90 Å². The van der Waals surface area contributed by atoms with Gasteiger partial charge in [0.2, 0.25) is 0 Å². The Kier molecular flexibility index (Phi) is 9.57. The highest BCUT2D eigenvalue weighted by molar-refractivity contribution is 7.20. The molecule has 38 heavy (non-hydrogen) atoms. The molecule has 0 radical (unpaired) electrons. The van der Waals surface area contributed by atoms with Crippen LogP contribution in [0.1, 0.15) is 38.1 Å². The van der Waals surface area contributed by atoms with E-state index in [1.54, 1.807) is 41.9 Å². The first kappa shape index (κ1) is 27.8. The zero-order valence-electron chi connectivity index (χ0n) is 22.1. The highest BCUT2D eigenvalue weighted by atomic mass is 35.5. The third-order valence-corrected chi connectivity index (χ3v) is 6.89. The molecule has 8 heteroatoms. The number of aromatic nitrogens is 2. The van der Waals surface area contributed by atoms with Gasteiger partial charge in [0.1, 0.15) is 24.5 Å². The molecule has 5 nitrogen and oxygen atoms in total. The maximum atomic E-state index is 13.4. The lowest BCUT2D eigenvalue weighted by atomic mass is 10.1. The molecule has 0 amide bonds. The minimum absolute atomic E-state index is 0.225. The quantitative estimate of drug-likeness (QED) is 0.204. The molecule has 4 aromatic rings. The van der Waals surface area contributed by atoms with Gasteiger partial charge in [0.15, 0.2) is 5.82 Å². The summed E-state index contributed by atoms with van der Waals surface area (Å²) in [5, 5.41) is 3.79. The fourth-order valence-corrected chi connectivity index (χ4v) is 5.27. The number of halogens is 2. The van der Waals surface area contributed by atoms with Crippen molar-refractivity contribution in [1.82, 2.24) is 14.9 Å². The van der Waals surface area contributed by atoms with Crippen molar-refractivity contribution in [3.05, 3.63) is 76.1 Å². The number of hydrogen-bond acceptors (Lipinski definition) is 6. The summed E-state index contributed by atoms with van der Waals surface area (Å²) in [4.78, 5) is 12.2. The van der Waals surface area contributed by atoms with E-state index in [1.807, 2.05) is 12.1 Å². The van der Waals surface area contributed by atoms with Crippen LogP contribution in [0, 0.1) is 29.5 Å². The first-order chi connectivity index (χ1) is 18.3. The number of nitrogens with zero attached hydrogens (tertiary/aromatic N) is 3. The molecule has 4 rings (SSSR count). The molecular formula is C30H32ClFN4OS. The second kappa shape index (κ2) is 13.1. The summed E-state index contributed by atoms with van der Waals surface area (Å²) in [5.41, 5.74) is 2.35. The zero-order chi connectivity index (χ0) is 27.1. The summed E-state index contributed by atoms with van der Waals surface area (Å²) >= 11 is 8.04. The van der Waals surface area contributed by atoms with Gasteiger partial charge >= 0.3 is 0 Å². The van der Waals surface area contributed by atoms with E-state index in [9.17, 15) is 4.39 Å². The van der Waals surface area contributed by atoms with Crippen LogP contribution in [0.4, 0.5) is 15.9 Å². The van der Waals surface area contributed by atoms with Crippen molar-refractivity contribution in [3.63, 3.8) is 0 Å². The number of benzene rings is 2. The van der Waals surface area contributed by atoms with Crippen LogP contribution in [0.2, 0.25) is 5.02 Å². The topological polar surface area (TPSA) is 50.3 Å². The maximum Gasteiger partial charge on any atom is 0.151 e. The second-order valence-electron chi connectivity index (χ2n) is 10.0. The summed E-state index contributed by atoms with van der Waals surface area (Å²) in [7, 11) is 0. The number of rotatable bonds is 10. The Morgan fingerprint density at radius 1 is 1.05 bits per heavy atom. The largest absolute Gasteiger partial charge is 0.487 e. The van der Waals surface area contributed by atoms with Crippen molar-refractivity contribution in [2.75, 3.05) is 25.0 Å². The SMILES string of the molecule is CC(C)CN(CC#Cc1cc2ncnc(Nc3ccc(OCc4cccc(F)c4)c(Cl)c3)c2s1)CC(C)C. The zero-order valence-corrected chi connectivity index (χ0v) is 23.7. The van der Waals surface area contributed by atoms with Crippen LogP contribution >= 0.6 is 22.9 Å². The minimum atomic E-state index is -0.296. The number of anilines is 2. The molecule has 0 saturated heterocycles. The molecular weight excluding hydrogens is 519 g/mol. The summed E-state index contributed by atoms with van der Waals surface area (Å²) in [6, 6.07) is 13.7. The van der Waals surface area contributed by atoms with Crippen molar-refractivity contribution in [3.8, 4) is 17.6 Å². The number of thiophene rings is 1. The van der Waals surface area contributed by atoms with Crippen LogP contribution in [0.3, 0.4) is 0 Å². The second-order valence-corrected chi connectivity index (χ2v) is 11.5. The smallest absolute Gasteiger partial charge is 0.151 e. The van der Waals surface area contributed by atoms with E-state index in [2.05, 4.69) is 59.7 Å². The van der Waals surface area contributed by atoms with Gasteiger partial charge in [0, 0.05) is 18.8 Å². The van der Waals surface area contributed by atoms with E-state index in [-0.39, 0.29) is 12.4 Å². The molecule has 2 aromatic heterocycles. The lowest BCUT2D eigenvalue weighted by molar-refractivity contribution is 0.244. The normalized spacial score (nSPS) is 11.3. The summed E-state index contributed by atoms with van der Waals surface area (Å²) in [5.74, 6) is 8.79. The van der Waals surface area contributed by atoms with Crippen LogP contribution in [-0.4, -0.2) is 34.5 Å². The number of hydrogen-bond donors (Lipinski definition) is 1. The van der Waals surface area contributed by atoms with Gasteiger partial charge in [-0.05, 0) is 53.8 Å². The van der Waals surface area contributed by atoms with Crippen LogP contribution in [0.15, 0.2) is 54.9 Å². The fraction of sp³-hybridized carbons (Fsp3) is 0.333. The Bertz CT molecular complexity index is 1430. The molecule has 198 valence electrons. The van der Waals surface area contributed by atoms with Gasteiger partial charge in [-0.2, -0.15) is 0 Å². The van der Waals surface area contributed by atoms with Crippen molar-refractivity contribution in [2.24, 2.45) is 11.8 Å². The van der Waals surface area contributed by atoms with Crippen molar-refractivity contribution in [2.45, 2.75) is 34.3 Å². The monoisotopic (exact) mass is 550 g/mol. The molecule has 0 spiro atoms. The van der Waals surface area contributed by atoms with E-state index in [4.69, 9.17) is 16.3 Å². The van der Waals surface area contributed by atoms with Crippen molar-refractivity contribution >= 4 is 44.7 Å². The van der Waals surface area contributed by atoms with E-state index >= 15 is 0 Å². The predicted molar refractivity (Wildman–Crippen MR) is 156 cm³/mol. The van der Waals surface area contributed by atoms with Gasteiger partial charge < -0.3 is 10.1 Å². The third-order valence-electron chi connectivity index (χ3n) is 5.55. The summed E-state index contributed by atoms with van der Waals surface area (Å²) < 4.78 is 20.1. The molecule has 0 fully saturated rings. The lowest BCUT2D eigenvalue weighted by Gasteiger charge is -2.23. The summed E-state index contributed by atoms with van der Waals surface area (Å²) in [6.07, 6.45) is 1.54. The molecule has 0 aliphatic heterocycles. The maximum absolute atomic E-state index is 13.4. The standard InChI is InChI=1S/C30H32ClFN4OS/c1-20(2)16-36(17-21(3)4)12-6-9-25-15-27-29(38-25)30(34-19-33-27)35-24-10-11-28(26(31)14-24)37-18-22-7-5-8-23(32)13-22/h5,7-8,10-11,13-15,19-21H,12,16-18H2,1-4H3,(H,33,34,35). The van der Waals surface area contributed by atoms with Gasteiger partial charge in [-0.25, -0.2) is 14.4 Å². The van der Waals surface area contributed by atoms with E-state index in [0.717, 1.165) is 46.0 Å². The Labute approximate surface area is 233 Å². The van der Waals surface area contributed by atoms with Gasteiger partial charge in [0.05, 0.1) is 26.7 Å². The fourth-order valence-electron chi connectivity index (χ4n) is 4.10. The molecule has 0 atom stereocenters. The van der Waals surface area contributed by atoms with Crippen LogP contribution in [0.25, 0.3) is 10.2 Å². The van der Waals surface area contributed by atoms with Gasteiger partial charge in [-0.1, -0.05) is 63.3 Å². The van der Waals surface area contributed by atoms with Crippen molar-refractivity contribution in [1.29, 1.82) is 0 Å². The molecule has 0 bridgehead atoms. The number of nitrogens with one attached hydrogen (secondary N) is 1. The Hall–Kier alpha value is -3.18. The van der Waals surface area contributed by atoms with Gasteiger partial charge in [0.25, 0.3) is 0 Å². The highest BCUT2D eigenvalue weighted by Crippen LogP contribution is 2.33. The average molecular weight is 551 g/mol. The lowest BCUT2D eigenvalue weighted by Crippen LogP contribution is -2.31. The highest BCUT2D eigenvalue weighted by Gasteiger charge is 2.11. The van der Waals surface area contributed by atoms with E-state index < -0.39 is 0 Å². The molecule has 0 aliphatic carbocycles. The van der Waals surface area contributed by atoms with Gasteiger partial charge in [-0.15, -0.1) is 11.3 Å². The Morgan fingerprint density at radius 2 is 1.84 bits per heavy atom. The van der Waals surface area contributed by atoms with Crippen molar-refractivity contribution < 1.29 is 9.13 Å². The van der Waals surface area contributed by atoms with E-state index in [1.165, 1.54) is 12.1 Å². The van der Waals surface area contributed by atoms with E-state index in [0.29, 0.717) is 28.4 Å². The predicted octanol–water partition coefficient (Wildman–Crippen LogP) is 7.77. The number of fused-ring (bicyclic) bond motifs is 1. The van der Waals surface area contributed by atoms with Crippen LogP contribution < -0.4 is 10.1 Å². The number of ether oxygens (including phenoxy) is 1.